The largest absolute Gasteiger partial charge is 0.392 e. The summed E-state index contributed by atoms with van der Waals surface area (Å²) in [5, 5.41) is 10.8. The zero-order valence-electron chi connectivity index (χ0n) is 22.8. The van der Waals surface area contributed by atoms with E-state index in [4.69, 9.17) is 4.98 Å². The SMILES string of the molecule is Cc1ccc(S(=O)(=O)n2cc(-c3cccc(C)c3)c3cc(-c4ccc(CN5CCCC(O)C5)cc4)cnc32)cc1. The maximum absolute atomic E-state index is 13.8. The molecule has 0 aliphatic carbocycles. The molecule has 1 fully saturated rings. The Labute approximate surface area is 235 Å². The maximum Gasteiger partial charge on any atom is 0.269 e. The molecule has 6 nitrogen and oxygen atoms in total. The molecule has 1 aliphatic rings. The number of aromatic nitrogens is 2. The molecular formula is C33H33N3O3S. The summed E-state index contributed by atoms with van der Waals surface area (Å²) in [5.74, 6) is 0. The Morgan fingerprint density at radius 3 is 2.40 bits per heavy atom. The van der Waals surface area contributed by atoms with Crippen molar-refractivity contribution >= 4 is 21.1 Å². The van der Waals surface area contributed by atoms with Gasteiger partial charge in [-0.1, -0.05) is 71.8 Å². The van der Waals surface area contributed by atoms with Crippen molar-refractivity contribution in [2.45, 2.75) is 44.2 Å². The third-order valence-electron chi connectivity index (χ3n) is 7.69. The molecule has 3 heterocycles. The number of pyridine rings is 1. The van der Waals surface area contributed by atoms with Gasteiger partial charge >= 0.3 is 0 Å². The van der Waals surface area contributed by atoms with Crippen molar-refractivity contribution in [2.24, 2.45) is 0 Å². The quantitative estimate of drug-likeness (QED) is 0.273. The minimum absolute atomic E-state index is 0.230. The van der Waals surface area contributed by atoms with Gasteiger partial charge in [0.2, 0.25) is 0 Å². The van der Waals surface area contributed by atoms with Crippen LogP contribution in [0.15, 0.2) is 96.2 Å². The van der Waals surface area contributed by atoms with Crippen LogP contribution in [0.1, 0.15) is 29.5 Å². The van der Waals surface area contributed by atoms with Crippen LogP contribution in [0.25, 0.3) is 33.3 Å². The van der Waals surface area contributed by atoms with Crippen LogP contribution in [0.5, 0.6) is 0 Å². The third kappa shape index (κ3) is 5.20. The number of likely N-dealkylation sites (tertiary alicyclic amines) is 1. The van der Waals surface area contributed by atoms with Gasteiger partial charge in [-0.15, -0.1) is 0 Å². The molecule has 0 saturated carbocycles. The van der Waals surface area contributed by atoms with Crippen molar-refractivity contribution in [2.75, 3.05) is 13.1 Å². The number of β-amino-alcohol motifs (C(OH)–C–C–N with tert-alkyl or cyclic N) is 1. The smallest absolute Gasteiger partial charge is 0.269 e. The summed E-state index contributed by atoms with van der Waals surface area (Å²) in [6.45, 7) is 6.49. The first-order chi connectivity index (χ1) is 19.3. The van der Waals surface area contributed by atoms with Crippen LogP contribution >= 0.6 is 0 Å². The van der Waals surface area contributed by atoms with E-state index in [-0.39, 0.29) is 11.0 Å². The Balaban J connectivity index is 1.41. The summed E-state index contributed by atoms with van der Waals surface area (Å²) < 4.78 is 28.8. The highest BCUT2D eigenvalue weighted by Gasteiger charge is 2.23. The molecule has 0 spiro atoms. The second kappa shape index (κ2) is 10.7. The highest BCUT2D eigenvalue weighted by molar-refractivity contribution is 7.90. The number of aryl methyl sites for hydroxylation is 2. The zero-order valence-corrected chi connectivity index (χ0v) is 23.6. The number of aliphatic hydroxyl groups is 1. The summed E-state index contributed by atoms with van der Waals surface area (Å²) in [6, 6.07) is 25.4. The molecule has 7 heteroatoms. The molecular weight excluding hydrogens is 518 g/mol. The minimum atomic E-state index is -3.85. The number of hydrogen-bond donors (Lipinski definition) is 1. The Morgan fingerprint density at radius 1 is 0.900 bits per heavy atom. The molecule has 1 atom stereocenters. The fourth-order valence-corrected chi connectivity index (χ4v) is 6.85. The van der Waals surface area contributed by atoms with E-state index in [1.54, 1.807) is 24.5 Å². The first-order valence-electron chi connectivity index (χ1n) is 13.7. The standard InChI is InChI=1S/C33H33N3O3S/c1-23-8-14-30(15-9-23)40(38,39)36-22-32(27-6-3-5-24(2)17-27)31-18-28(19-34-33(31)36)26-12-10-25(11-13-26)20-35-16-4-7-29(37)21-35/h3,5-6,8-15,17-19,22,29,37H,4,7,16,20-21H2,1-2H3. The fraction of sp³-hybridized carbons (Fsp3) is 0.242. The number of rotatable bonds is 6. The molecule has 1 saturated heterocycles. The predicted octanol–water partition coefficient (Wildman–Crippen LogP) is 6.18. The van der Waals surface area contributed by atoms with Gasteiger partial charge in [-0.2, -0.15) is 0 Å². The van der Waals surface area contributed by atoms with Gasteiger partial charge in [-0.05, 0) is 68.1 Å². The Bertz CT molecular complexity index is 1770. The number of piperidine rings is 1. The highest BCUT2D eigenvalue weighted by atomic mass is 32.2. The number of benzene rings is 3. The molecule has 1 N–H and O–H groups in total. The average Bonchev–Trinajstić information content (AvgIpc) is 3.34. The van der Waals surface area contributed by atoms with Crippen molar-refractivity contribution < 1.29 is 13.5 Å². The van der Waals surface area contributed by atoms with Crippen molar-refractivity contribution in [3.63, 3.8) is 0 Å². The van der Waals surface area contributed by atoms with Crippen LogP contribution in [0.3, 0.4) is 0 Å². The molecule has 0 amide bonds. The molecule has 0 bridgehead atoms. The van der Waals surface area contributed by atoms with E-state index in [0.717, 1.165) is 64.7 Å². The van der Waals surface area contributed by atoms with Crippen LogP contribution < -0.4 is 0 Å². The van der Waals surface area contributed by atoms with Crippen LogP contribution in [0.4, 0.5) is 0 Å². The molecule has 5 aromatic rings. The lowest BCUT2D eigenvalue weighted by molar-refractivity contribution is 0.0668. The monoisotopic (exact) mass is 551 g/mol. The van der Waals surface area contributed by atoms with Gasteiger partial charge in [-0.3, -0.25) is 4.90 Å². The first kappa shape index (κ1) is 26.4. The van der Waals surface area contributed by atoms with E-state index < -0.39 is 10.0 Å². The summed E-state index contributed by atoms with van der Waals surface area (Å²) in [7, 11) is -3.85. The Morgan fingerprint density at radius 2 is 1.68 bits per heavy atom. The lowest BCUT2D eigenvalue weighted by Crippen LogP contribution is -2.37. The topological polar surface area (TPSA) is 75.4 Å². The molecule has 3 aromatic carbocycles. The lowest BCUT2D eigenvalue weighted by atomic mass is 10.0. The van der Waals surface area contributed by atoms with Crippen molar-refractivity contribution in [3.05, 3.63) is 108 Å². The van der Waals surface area contributed by atoms with Gasteiger partial charge in [0, 0.05) is 42.0 Å². The van der Waals surface area contributed by atoms with E-state index in [2.05, 4.69) is 35.2 Å². The van der Waals surface area contributed by atoms with E-state index in [0.29, 0.717) is 12.2 Å². The number of aliphatic hydroxyl groups excluding tert-OH is 1. The fourth-order valence-electron chi connectivity index (χ4n) is 5.52. The minimum Gasteiger partial charge on any atom is -0.392 e. The number of fused-ring (bicyclic) bond motifs is 1. The van der Waals surface area contributed by atoms with Gasteiger partial charge in [-0.25, -0.2) is 17.4 Å². The normalized spacial score (nSPS) is 16.4. The molecule has 1 unspecified atom stereocenters. The molecule has 40 heavy (non-hydrogen) atoms. The zero-order chi connectivity index (χ0) is 27.9. The van der Waals surface area contributed by atoms with E-state index >= 15 is 0 Å². The third-order valence-corrected chi connectivity index (χ3v) is 9.36. The van der Waals surface area contributed by atoms with Gasteiger partial charge in [0.25, 0.3) is 10.0 Å². The second-order valence-corrected chi connectivity index (χ2v) is 12.7. The maximum atomic E-state index is 13.8. The van der Waals surface area contributed by atoms with Gasteiger partial charge in [0.1, 0.15) is 0 Å². The van der Waals surface area contributed by atoms with Gasteiger partial charge in [0.05, 0.1) is 11.0 Å². The molecule has 6 rings (SSSR count). The summed E-state index contributed by atoms with van der Waals surface area (Å²) >= 11 is 0. The predicted molar refractivity (Wildman–Crippen MR) is 160 cm³/mol. The van der Waals surface area contributed by atoms with Crippen LogP contribution in [-0.4, -0.2) is 46.6 Å². The molecule has 1 aliphatic heterocycles. The molecule has 2 aromatic heterocycles. The van der Waals surface area contributed by atoms with Gasteiger partial charge in [0.15, 0.2) is 5.65 Å². The van der Waals surface area contributed by atoms with Crippen molar-refractivity contribution in [3.8, 4) is 22.3 Å². The lowest BCUT2D eigenvalue weighted by Gasteiger charge is -2.29. The van der Waals surface area contributed by atoms with Crippen LogP contribution in [-0.2, 0) is 16.6 Å². The van der Waals surface area contributed by atoms with Gasteiger partial charge < -0.3 is 5.11 Å². The first-order valence-corrected chi connectivity index (χ1v) is 15.1. The van der Waals surface area contributed by atoms with E-state index in [1.165, 1.54) is 9.54 Å². The van der Waals surface area contributed by atoms with Crippen molar-refractivity contribution in [1.82, 2.24) is 13.9 Å². The molecule has 204 valence electrons. The van der Waals surface area contributed by atoms with Crippen molar-refractivity contribution in [1.29, 1.82) is 0 Å². The summed E-state index contributed by atoms with van der Waals surface area (Å²) in [5.41, 5.74) is 7.40. The Hall–Kier alpha value is -3.78. The van der Waals surface area contributed by atoms with Crippen LogP contribution in [0.2, 0.25) is 0 Å². The summed E-state index contributed by atoms with van der Waals surface area (Å²) in [4.78, 5) is 7.23. The van der Waals surface area contributed by atoms with E-state index in [9.17, 15) is 13.5 Å². The summed E-state index contributed by atoms with van der Waals surface area (Å²) in [6.07, 6.45) is 5.11. The number of nitrogens with zero attached hydrogens (tertiary/aromatic N) is 3. The van der Waals surface area contributed by atoms with E-state index in [1.807, 2.05) is 50.2 Å². The highest BCUT2D eigenvalue weighted by Crippen LogP contribution is 2.35. The van der Waals surface area contributed by atoms with Crippen LogP contribution in [0, 0.1) is 13.8 Å². The second-order valence-electron chi connectivity index (χ2n) is 10.8. The number of hydrogen-bond acceptors (Lipinski definition) is 5. The molecule has 0 radical (unpaired) electrons. The average molecular weight is 552 g/mol. The Kier molecular flexibility index (Phi) is 7.04.